The van der Waals surface area contributed by atoms with E-state index < -0.39 is 0 Å². The zero-order chi connectivity index (χ0) is 7.14. The normalized spacial score (nSPS) is 31.8. The van der Waals surface area contributed by atoms with Crippen LogP contribution >= 0.6 is 0 Å². The first kappa shape index (κ1) is 6.69. The Morgan fingerprint density at radius 1 is 1.00 bits per heavy atom. The van der Waals surface area contributed by atoms with Crippen molar-refractivity contribution in [2.75, 3.05) is 0 Å². The lowest BCUT2D eigenvalue weighted by molar-refractivity contribution is 0.858. The average molecular weight is 133 g/mol. The van der Waals surface area contributed by atoms with Gasteiger partial charge in [-0.15, -0.1) is 0 Å². The van der Waals surface area contributed by atoms with Gasteiger partial charge in [-0.05, 0) is 42.9 Å². The van der Waals surface area contributed by atoms with Gasteiger partial charge in [-0.25, -0.2) is 0 Å². The second-order valence-corrected chi connectivity index (χ2v) is 3.32. The molecule has 53 valence electrons. The average Bonchev–Trinajstić information content (AvgIpc) is 2.39. The van der Waals surface area contributed by atoms with Gasteiger partial charge in [0.15, 0.2) is 0 Å². The Bertz CT molecular complexity index is 114. The van der Waals surface area contributed by atoms with E-state index in [2.05, 4.69) is 20.3 Å². The number of hydrogen-bond acceptors (Lipinski definition) is 0. The van der Waals surface area contributed by atoms with Crippen molar-refractivity contribution in [2.45, 2.75) is 33.1 Å². The molecule has 0 aromatic carbocycles. The molecular weight excluding hydrogens is 120 g/mol. The summed E-state index contributed by atoms with van der Waals surface area (Å²) in [6.07, 6.45) is 6.36. The molecule has 0 N–H and O–H groups in total. The predicted molar refractivity (Wildman–Crippen MR) is 42.5 cm³/mol. The maximum Gasteiger partial charge on any atom is -0.00997 e. The van der Waals surface area contributed by atoms with E-state index >= 15 is 0 Å². The molecule has 0 heterocycles. The lowest BCUT2D eigenvalue weighted by Gasteiger charge is -2.11. The molecule has 2 aliphatic rings. The van der Waals surface area contributed by atoms with Crippen LogP contribution in [0.1, 0.15) is 33.1 Å². The van der Waals surface area contributed by atoms with Gasteiger partial charge in [0.1, 0.15) is 0 Å². The lowest BCUT2D eigenvalue weighted by atomic mass is 9.92. The Balaban J connectivity index is 2.11. The third-order valence-corrected chi connectivity index (χ3v) is 2.60. The van der Waals surface area contributed by atoms with Crippen molar-refractivity contribution in [1.82, 2.24) is 0 Å². The van der Waals surface area contributed by atoms with E-state index in [0.717, 1.165) is 0 Å². The highest BCUT2D eigenvalue weighted by Crippen LogP contribution is 2.54. The Morgan fingerprint density at radius 2 is 1.50 bits per heavy atom. The summed E-state index contributed by atoms with van der Waals surface area (Å²) in [6.45, 7) is 4.47. The summed E-state index contributed by atoms with van der Waals surface area (Å²) >= 11 is 0. The van der Waals surface area contributed by atoms with E-state index in [1.165, 1.54) is 31.1 Å². The number of hydrogen-bond donors (Lipinski definition) is 0. The van der Waals surface area contributed by atoms with E-state index in [-0.39, 0.29) is 0 Å². The Kier molecular flexibility index (Phi) is 1.51. The molecule has 0 aliphatic heterocycles. The predicted octanol–water partition coefficient (Wildman–Crippen LogP) is 2.73. The smallest absolute Gasteiger partial charge is 0.00997 e. The van der Waals surface area contributed by atoms with Gasteiger partial charge in [0.05, 0.1) is 0 Å². The van der Waals surface area contributed by atoms with Gasteiger partial charge in [0.25, 0.3) is 0 Å². The Morgan fingerprint density at radius 3 is 2.00 bits per heavy atom. The summed E-state index contributed by atoms with van der Waals surface area (Å²) in [4.78, 5) is 0. The van der Waals surface area contributed by atoms with Gasteiger partial charge in [-0.2, -0.15) is 0 Å². The van der Waals surface area contributed by atoms with Gasteiger partial charge >= 0.3 is 0 Å². The summed E-state index contributed by atoms with van der Waals surface area (Å²) in [7, 11) is 0. The molecular formula is C10H13. The van der Waals surface area contributed by atoms with Crippen molar-refractivity contribution in [1.29, 1.82) is 0 Å². The Labute approximate surface area is 64.0 Å². The van der Waals surface area contributed by atoms with Crippen LogP contribution in [0.3, 0.4) is 0 Å². The summed E-state index contributed by atoms with van der Waals surface area (Å²) in [5, 5.41) is 0. The van der Waals surface area contributed by atoms with Crippen LogP contribution in [0.15, 0.2) is 0 Å². The second-order valence-electron chi connectivity index (χ2n) is 3.32. The first-order chi connectivity index (χ1) is 4.79. The van der Waals surface area contributed by atoms with Crippen LogP contribution in [-0.2, 0) is 0 Å². The fourth-order valence-electron chi connectivity index (χ4n) is 2.11. The van der Waals surface area contributed by atoms with Crippen molar-refractivity contribution in [3.8, 4) is 0 Å². The molecule has 0 heteroatoms. The molecule has 2 rings (SSSR count). The summed E-state index contributed by atoms with van der Waals surface area (Å²) in [5.41, 5.74) is 0. The molecule has 0 atom stereocenters. The quantitative estimate of drug-likeness (QED) is 0.476. The van der Waals surface area contributed by atoms with E-state index in [1.54, 1.807) is 11.8 Å². The monoisotopic (exact) mass is 133 g/mol. The zero-order valence-corrected chi connectivity index (χ0v) is 6.70. The van der Waals surface area contributed by atoms with Gasteiger partial charge in [-0.3, -0.25) is 0 Å². The highest BCUT2D eigenvalue weighted by molar-refractivity contribution is 5.56. The molecule has 2 saturated carbocycles. The van der Waals surface area contributed by atoms with Crippen LogP contribution in [0.4, 0.5) is 0 Å². The van der Waals surface area contributed by atoms with Crippen LogP contribution in [0, 0.1) is 30.1 Å². The minimum atomic E-state index is 1.33. The number of rotatable bonds is 0. The van der Waals surface area contributed by atoms with E-state index in [1.807, 2.05) is 0 Å². The lowest BCUT2D eigenvalue weighted by Crippen LogP contribution is -2.00. The summed E-state index contributed by atoms with van der Waals surface area (Å²) in [6, 6.07) is 0. The maximum absolute atomic E-state index is 2.32. The van der Waals surface area contributed by atoms with E-state index in [0.29, 0.717) is 0 Å². The second kappa shape index (κ2) is 2.25. The van der Waals surface area contributed by atoms with Gasteiger partial charge < -0.3 is 0 Å². The minimum absolute atomic E-state index is 1.33. The molecule has 2 aliphatic carbocycles. The fourth-order valence-corrected chi connectivity index (χ4v) is 2.11. The number of fused-ring (bicyclic) bond motifs is 1. The van der Waals surface area contributed by atoms with Crippen molar-refractivity contribution >= 4 is 0 Å². The van der Waals surface area contributed by atoms with Crippen LogP contribution in [0.5, 0.6) is 0 Å². The minimum Gasteiger partial charge on any atom is -0.0582 e. The molecule has 0 nitrogen and oxygen atoms in total. The fraction of sp³-hybridized carbons (Fsp3) is 0.500. The third kappa shape index (κ3) is 0.810. The van der Waals surface area contributed by atoms with Gasteiger partial charge in [0.2, 0.25) is 0 Å². The summed E-state index contributed by atoms with van der Waals surface area (Å²) < 4.78 is 0. The first-order valence-electron chi connectivity index (χ1n) is 4.03. The van der Waals surface area contributed by atoms with E-state index in [9.17, 15) is 0 Å². The van der Waals surface area contributed by atoms with Crippen molar-refractivity contribution in [3.63, 3.8) is 0 Å². The molecule has 5 radical (unpaired) electrons. The highest BCUT2D eigenvalue weighted by atomic mass is 14.5. The third-order valence-electron chi connectivity index (χ3n) is 2.60. The van der Waals surface area contributed by atoms with Crippen LogP contribution < -0.4 is 0 Å². The van der Waals surface area contributed by atoms with Gasteiger partial charge in [-0.1, -0.05) is 20.3 Å². The van der Waals surface area contributed by atoms with Crippen LogP contribution in [0.25, 0.3) is 0 Å². The van der Waals surface area contributed by atoms with Crippen molar-refractivity contribution in [2.24, 2.45) is 0 Å². The molecule has 0 amide bonds. The molecule has 0 saturated heterocycles. The standard InChI is InChI=1S/C10H13/c1-7-6-8(2)10-5-3-4-9(7)10/h6H,3-5H2,1-2H3. The largest absolute Gasteiger partial charge is 0.0582 e. The topological polar surface area (TPSA) is 0 Å². The van der Waals surface area contributed by atoms with E-state index in [4.69, 9.17) is 0 Å². The first-order valence-corrected chi connectivity index (χ1v) is 4.03. The molecule has 0 bridgehead atoms. The van der Waals surface area contributed by atoms with Crippen LogP contribution in [0.2, 0.25) is 0 Å². The molecule has 10 heavy (non-hydrogen) atoms. The molecule has 0 aromatic rings. The summed E-state index contributed by atoms with van der Waals surface area (Å²) in [5.74, 6) is 6.34. The molecule has 2 fully saturated rings. The van der Waals surface area contributed by atoms with Crippen molar-refractivity contribution < 1.29 is 0 Å². The van der Waals surface area contributed by atoms with Crippen LogP contribution in [-0.4, -0.2) is 0 Å². The zero-order valence-electron chi connectivity index (χ0n) is 6.70. The molecule has 0 spiro atoms. The molecule has 0 unspecified atom stereocenters. The SMILES string of the molecule is C[C]1[CH][C](C)[C]2CCC[C]12. The maximum atomic E-state index is 2.32. The van der Waals surface area contributed by atoms with Gasteiger partial charge in [0, 0.05) is 0 Å². The molecule has 0 aromatic heterocycles. The van der Waals surface area contributed by atoms with Crippen molar-refractivity contribution in [3.05, 3.63) is 30.1 Å². The Hall–Kier alpha value is 0. The highest BCUT2D eigenvalue weighted by Gasteiger charge is 2.42.